The Kier molecular flexibility index (Phi) is 9.75. The van der Waals surface area contributed by atoms with Gasteiger partial charge in [-0.15, -0.1) is 0 Å². The van der Waals surface area contributed by atoms with Crippen LogP contribution in [0, 0.1) is 5.92 Å². The van der Waals surface area contributed by atoms with E-state index in [1.807, 2.05) is 6.07 Å². The molecule has 0 aliphatic heterocycles. The van der Waals surface area contributed by atoms with Crippen LogP contribution >= 0.6 is 0 Å². The molecule has 0 saturated heterocycles. The van der Waals surface area contributed by atoms with E-state index in [0.717, 1.165) is 5.56 Å². The predicted molar refractivity (Wildman–Crippen MR) is 124 cm³/mol. The molecule has 1 heterocycles. The lowest BCUT2D eigenvalue weighted by Gasteiger charge is -2.24. The molecule has 2 rings (SSSR count). The predicted octanol–water partition coefficient (Wildman–Crippen LogP) is -0.263. The van der Waals surface area contributed by atoms with Crippen LogP contribution in [0.4, 0.5) is 0 Å². The van der Waals surface area contributed by atoms with Crippen molar-refractivity contribution in [3.05, 3.63) is 54.1 Å². The van der Waals surface area contributed by atoms with Gasteiger partial charge in [-0.1, -0.05) is 44.2 Å². The van der Waals surface area contributed by atoms with E-state index >= 15 is 0 Å². The van der Waals surface area contributed by atoms with Crippen molar-refractivity contribution in [2.45, 2.75) is 57.8 Å². The second-order valence-electron chi connectivity index (χ2n) is 8.43. The summed E-state index contributed by atoms with van der Waals surface area (Å²) in [6.45, 7) is 5.06. The van der Waals surface area contributed by atoms with Crippen molar-refractivity contribution in [2.24, 2.45) is 11.7 Å². The first-order valence-corrected chi connectivity index (χ1v) is 11.0. The highest BCUT2D eigenvalue weighted by Crippen LogP contribution is 2.06. The number of aliphatic carboxylic acids is 1. The highest BCUT2D eigenvalue weighted by molar-refractivity contribution is 5.94. The van der Waals surface area contributed by atoms with Gasteiger partial charge in [0.05, 0.1) is 12.4 Å². The Morgan fingerprint density at radius 2 is 1.59 bits per heavy atom. The second kappa shape index (κ2) is 12.5. The van der Waals surface area contributed by atoms with Gasteiger partial charge in [-0.25, -0.2) is 9.78 Å². The summed E-state index contributed by atoms with van der Waals surface area (Å²) in [5.41, 5.74) is 7.13. The third-order valence-corrected chi connectivity index (χ3v) is 5.28. The third-order valence-electron chi connectivity index (χ3n) is 5.28. The Balaban J connectivity index is 2.13. The first-order chi connectivity index (χ1) is 16.1. The van der Waals surface area contributed by atoms with E-state index in [2.05, 4.69) is 25.9 Å². The summed E-state index contributed by atoms with van der Waals surface area (Å²) >= 11 is 0. The van der Waals surface area contributed by atoms with Gasteiger partial charge >= 0.3 is 5.97 Å². The van der Waals surface area contributed by atoms with E-state index in [1.165, 1.54) is 19.4 Å². The second-order valence-corrected chi connectivity index (χ2v) is 8.43. The lowest BCUT2D eigenvalue weighted by molar-refractivity contribution is -0.142. The van der Waals surface area contributed by atoms with Crippen LogP contribution < -0.4 is 21.7 Å². The Labute approximate surface area is 197 Å². The van der Waals surface area contributed by atoms with Gasteiger partial charge in [0.2, 0.25) is 17.7 Å². The van der Waals surface area contributed by atoms with E-state index in [9.17, 15) is 24.3 Å². The van der Waals surface area contributed by atoms with E-state index in [1.54, 1.807) is 38.1 Å². The minimum atomic E-state index is -1.23. The molecular formula is C23H32N6O5. The number of nitrogens with one attached hydrogen (secondary N) is 4. The van der Waals surface area contributed by atoms with Crippen LogP contribution in [0.5, 0.6) is 0 Å². The maximum Gasteiger partial charge on any atom is 0.326 e. The summed E-state index contributed by atoms with van der Waals surface area (Å²) in [5.74, 6) is -3.08. The molecule has 7 N–H and O–H groups in total. The number of H-pyrrole nitrogens is 1. The van der Waals surface area contributed by atoms with Gasteiger partial charge in [0.15, 0.2) is 0 Å². The van der Waals surface area contributed by atoms with Crippen LogP contribution in [-0.2, 0) is 32.0 Å². The van der Waals surface area contributed by atoms with Crippen LogP contribution in [0.3, 0.4) is 0 Å². The summed E-state index contributed by atoms with van der Waals surface area (Å²) in [6, 6.07) is 4.94. The Hall–Kier alpha value is -3.73. The van der Waals surface area contributed by atoms with E-state index in [0.29, 0.717) is 5.69 Å². The van der Waals surface area contributed by atoms with Gasteiger partial charge in [-0.2, -0.15) is 0 Å². The van der Waals surface area contributed by atoms with Crippen LogP contribution in [-0.4, -0.2) is 62.9 Å². The Morgan fingerprint density at radius 3 is 2.15 bits per heavy atom. The number of carbonyl (C=O) groups is 4. The molecule has 184 valence electrons. The monoisotopic (exact) mass is 472 g/mol. The van der Waals surface area contributed by atoms with Gasteiger partial charge in [-0.3, -0.25) is 14.4 Å². The summed E-state index contributed by atoms with van der Waals surface area (Å²) in [7, 11) is 0. The lowest BCUT2D eigenvalue weighted by Crippen LogP contribution is -2.57. The van der Waals surface area contributed by atoms with Crippen LogP contribution in [0.2, 0.25) is 0 Å². The molecule has 11 nitrogen and oxygen atoms in total. The highest BCUT2D eigenvalue weighted by Gasteiger charge is 2.29. The molecule has 0 aliphatic rings. The molecule has 4 unspecified atom stereocenters. The molecule has 1 aromatic heterocycles. The van der Waals surface area contributed by atoms with E-state index in [-0.39, 0.29) is 18.8 Å². The average molecular weight is 473 g/mol. The number of hydrogen-bond donors (Lipinski definition) is 6. The van der Waals surface area contributed by atoms with Crippen LogP contribution in [0.15, 0.2) is 42.9 Å². The first-order valence-electron chi connectivity index (χ1n) is 11.0. The molecule has 0 fully saturated rings. The first kappa shape index (κ1) is 26.5. The summed E-state index contributed by atoms with van der Waals surface area (Å²) in [5, 5.41) is 17.2. The molecule has 11 heteroatoms. The number of nitrogens with zero attached hydrogens (tertiary/aromatic N) is 1. The van der Waals surface area contributed by atoms with Gasteiger partial charge in [0.1, 0.15) is 18.1 Å². The number of carboxylic acid groups (broad SMARTS) is 1. The molecule has 0 bridgehead atoms. The SMILES string of the molecule is CC(NC(=O)C(N)C(C)C)C(=O)NC(Cc1ccccc1)C(=O)NC(Cc1cnc[nH]1)C(=O)O. The van der Waals surface area contributed by atoms with Crippen molar-refractivity contribution in [3.63, 3.8) is 0 Å². The minimum absolute atomic E-state index is 0.00731. The van der Waals surface area contributed by atoms with E-state index in [4.69, 9.17) is 5.73 Å². The van der Waals surface area contributed by atoms with Crippen LogP contribution in [0.25, 0.3) is 0 Å². The number of carboxylic acids is 1. The van der Waals surface area contributed by atoms with Crippen molar-refractivity contribution < 1.29 is 24.3 Å². The largest absolute Gasteiger partial charge is 0.480 e. The van der Waals surface area contributed by atoms with Crippen molar-refractivity contribution >= 4 is 23.7 Å². The number of carbonyl (C=O) groups excluding carboxylic acids is 3. The quantitative estimate of drug-likeness (QED) is 0.246. The standard InChI is InChI=1S/C23H32N6O5/c1-13(2)19(24)22(32)27-14(3)20(30)28-17(9-15-7-5-4-6-8-15)21(31)29-18(23(33)34)10-16-11-25-12-26-16/h4-8,11-14,17-19H,9-10,24H2,1-3H3,(H,25,26)(H,27,32)(H,28,30)(H,29,31)(H,33,34). The third kappa shape index (κ3) is 8.00. The molecule has 0 radical (unpaired) electrons. The zero-order valence-electron chi connectivity index (χ0n) is 19.4. The smallest absolute Gasteiger partial charge is 0.326 e. The molecule has 2 aromatic rings. The normalized spacial score (nSPS) is 14.5. The Morgan fingerprint density at radius 1 is 0.941 bits per heavy atom. The number of aromatic amines is 1. The number of nitrogens with two attached hydrogens (primary N) is 1. The fourth-order valence-corrected chi connectivity index (χ4v) is 3.12. The zero-order valence-corrected chi connectivity index (χ0v) is 19.4. The molecule has 3 amide bonds. The maximum absolute atomic E-state index is 13.0. The molecule has 0 aliphatic carbocycles. The molecule has 0 saturated carbocycles. The average Bonchev–Trinajstić information content (AvgIpc) is 3.31. The summed E-state index contributed by atoms with van der Waals surface area (Å²) in [4.78, 5) is 56.4. The number of imidazole rings is 1. The lowest BCUT2D eigenvalue weighted by atomic mass is 10.0. The number of hydrogen-bond acceptors (Lipinski definition) is 6. The molecule has 34 heavy (non-hydrogen) atoms. The Bertz CT molecular complexity index is 963. The molecule has 0 spiro atoms. The molecule has 1 aromatic carbocycles. The number of benzene rings is 1. The highest BCUT2D eigenvalue weighted by atomic mass is 16.4. The van der Waals surface area contributed by atoms with Crippen molar-refractivity contribution in [1.82, 2.24) is 25.9 Å². The minimum Gasteiger partial charge on any atom is -0.480 e. The van der Waals surface area contributed by atoms with Crippen molar-refractivity contribution in [1.29, 1.82) is 0 Å². The van der Waals surface area contributed by atoms with Gasteiger partial charge < -0.3 is 31.8 Å². The molecular weight excluding hydrogens is 440 g/mol. The van der Waals surface area contributed by atoms with E-state index < -0.39 is 47.9 Å². The van der Waals surface area contributed by atoms with Gasteiger partial charge in [-0.05, 0) is 18.4 Å². The fourth-order valence-electron chi connectivity index (χ4n) is 3.12. The number of rotatable bonds is 12. The van der Waals surface area contributed by atoms with Gasteiger partial charge in [0.25, 0.3) is 0 Å². The molecule has 4 atom stereocenters. The summed E-state index contributed by atoms with van der Waals surface area (Å²) in [6.07, 6.45) is 3.00. The fraction of sp³-hybridized carbons (Fsp3) is 0.435. The number of amides is 3. The van der Waals surface area contributed by atoms with Crippen molar-refractivity contribution in [2.75, 3.05) is 0 Å². The maximum atomic E-state index is 13.0. The van der Waals surface area contributed by atoms with Crippen LogP contribution in [0.1, 0.15) is 32.0 Å². The zero-order chi connectivity index (χ0) is 25.3. The van der Waals surface area contributed by atoms with Gasteiger partial charge in [0, 0.05) is 24.7 Å². The topological polar surface area (TPSA) is 179 Å². The summed E-state index contributed by atoms with van der Waals surface area (Å²) < 4.78 is 0. The van der Waals surface area contributed by atoms with Crippen molar-refractivity contribution in [3.8, 4) is 0 Å². The number of aromatic nitrogens is 2.